The summed E-state index contributed by atoms with van der Waals surface area (Å²) in [6.45, 7) is -1.54. The van der Waals surface area contributed by atoms with E-state index in [4.69, 9.17) is 37.6 Å². The number of benzene rings is 2. The van der Waals surface area contributed by atoms with Crippen LogP contribution >= 0.6 is 0 Å². The fourth-order valence-corrected chi connectivity index (χ4v) is 5.05. The number of rotatable bonds is 8. The molecule has 3 aliphatic rings. The Hall–Kier alpha value is -3.51. The molecule has 3 aliphatic heterocycles. The van der Waals surface area contributed by atoms with Crippen LogP contribution in [0.3, 0.4) is 0 Å². The summed E-state index contributed by atoms with van der Waals surface area (Å²) < 4.78 is 44.0. The molecule has 6 N–H and O–H groups in total. The van der Waals surface area contributed by atoms with E-state index in [1.165, 1.54) is 25.5 Å². The average molecular weight is 607 g/mol. The standard InChI is InChI=1S/C28H30O15/c1-36-17-5-13-16(37-7-14(21(13)30)12-2-3-15-18(4-12)41-11-40-15)6-19(17)42-26-24(33)23(32)22(31)20(43-26)8-38-27-25(34)28(35,9-29)10-39-27/h2-7,20,22-27,29,31-35H,8-11H2,1H3/t20-,22-,23+,24-,25+,26-,27+,28-/m1/s1. The molecule has 0 radical (unpaired) electrons. The van der Waals surface area contributed by atoms with Crippen LogP contribution in [0.25, 0.3) is 22.1 Å². The van der Waals surface area contributed by atoms with Crippen molar-refractivity contribution >= 4 is 11.0 Å². The molecule has 4 heterocycles. The lowest BCUT2D eigenvalue weighted by atomic mass is 9.99. The number of methoxy groups -OCH3 is 1. The number of hydrogen-bond donors (Lipinski definition) is 6. The summed E-state index contributed by atoms with van der Waals surface area (Å²) in [4.78, 5) is 13.4. The van der Waals surface area contributed by atoms with E-state index >= 15 is 0 Å². The minimum Gasteiger partial charge on any atom is -0.493 e. The van der Waals surface area contributed by atoms with Gasteiger partial charge in [0.15, 0.2) is 29.3 Å². The lowest BCUT2D eigenvalue weighted by Crippen LogP contribution is -2.60. The van der Waals surface area contributed by atoms with E-state index in [2.05, 4.69) is 0 Å². The van der Waals surface area contributed by atoms with Crippen molar-refractivity contribution in [2.24, 2.45) is 0 Å². The van der Waals surface area contributed by atoms with E-state index in [0.717, 1.165) is 0 Å². The summed E-state index contributed by atoms with van der Waals surface area (Å²) in [5.74, 6) is 1.13. The highest BCUT2D eigenvalue weighted by Crippen LogP contribution is 2.38. The van der Waals surface area contributed by atoms with E-state index in [1.807, 2.05) is 0 Å². The first kappa shape index (κ1) is 29.6. The van der Waals surface area contributed by atoms with Crippen LogP contribution in [0.2, 0.25) is 0 Å². The molecule has 0 unspecified atom stereocenters. The van der Waals surface area contributed by atoms with Crippen LogP contribution in [-0.2, 0) is 14.2 Å². The van der Waals surface area contributed by atoms with E-state index in [9.17, 15) is 35.4 Å². The maximum atomic E-state index is 13.4. The highest BCUT2D eigenvalue weighted by molar-refractivity contribution is 5.85. The third-order valence-electron chi connectivity index (χ3n) is 7.66. The normalized spacial score (nSPS) is 31.8. The molecule has 0 bridgehead atoms. The number of aliphatic hydroxyl groups is 6. The Bertz CT molecular complexity index is 1540. The van der Waals surface area contributed by atoms with Crippen LogP contribution in [0.15, 0.2) is 45.8 Å². The molecule has 1 aromatic heterocycles. The van der Waals surface area contributed by atoms with E-state index < -0.39 is 68.5 Å². The first-order chi connectivity index (χ1) is 20.6. The monoisotopic (exact) mass is 606 g/mol. The second-order valence-corrected chi connectivity index (χ2v) is 10.4. The van der Waals surface area contributed by atoms with Gasteiger partial charge in [0.05, 0.1) is 37.9 Å². The van der Waals surface area contributed by atoms with Crippen LogP contribution in [-0.4, -0.2) is 113 Å². The third kappa shape index (κ3) is 5.28. The van der Waals surface area contributed by atoms with Gasteiger partial charge in [0.2, 0.25) is 18.5 Å². The number of ether oxygens (including phenoxy) is 7. The SMILES string of the molecule is COc1cc2c(=O)c(-c3ccc4c(c3)OCO4)coc2cc1O[C@@H]1O[C@H](CO[C@H]2OC[C@](O)(CO)[C@H]2O)[C@@H](O)[C@H](O)[C@H]1O. The van der Waals surface area contributed by atoms with Crippen molar-refractivity contribution in [1.82, 2.24) is 0 Å². The van der Waals surface area contributed by atoms with Crippen LogP contribution in [0.1, 0.15) is 0 Å². The van der Waals surface area contributed by atoms with E-state index in [0.29, 0.717) is 17.1 Å². The topological polar surface area (TPSA) is 216 Å². The fraction of sp³-hybridized carbons (Fsp3) is 0.464. The lowest BCUT2D eigenvalue weighted by Gasteiger charge is -2.40. The van der Waals surface area contributed by atoms with Crippen molar-refractivity contribution in [2.75, 3.05) is 33.7 Å². The minimum atomic E-state index is -1.93. The van der Waals surface area contributed by atoms with Crippen molar-refractivity contribution in [2.45, 2.75) is 48.7 Å². The second-order valence-electron chi connectivity index (χ2n) is 10.4. The van der Waals surface area contributed by atoms with Gasteiger partial charge >= 0.3 is 0 Å². The van der Waals surface area contributed by atoms with Crippen LogP contribution < -0.4 is 24.4 Å². The van der Waals surface area contributed by atoms with Gasteiger partial charge in [0.25, 0.3) is 0 Å². The second kappa shape index (κ2) is 11.5. The zero-order chi connectivity index (χ0) is 30.5. The van der Waals surface area contributed by atoms with Gasteiger partial charge in [-0.3, -0.25) is 4.79 Å². The molecule has 2 fully saturated rings. The van der Waals surface area contributed by atoms with Gasteiger partial charge in [-0.2, -0.15) is 0 Å². The molecule has 6 rings (SSSR count). The molecular formula is C28H30O15. The first-order valence-electron chi connectivity index (χ1n) is 13.3. The van der Waals surface area contributed by atoms with Crippen LogP contribution in [0, 0.1) is 0 Å². The predicted octanol–water partition coefficient (Wildman–Crippen LogP) is -1.16. The summed E-state index contributed by atoms with van der Waals surface area (Å²) in [7, 11) is 1.34. The van der Waals surface area contributed by atoms with Gasteiger partial charge in [0, 0.05) is 6.07 Å². The summed E-state index contributed by atoms with van der Waals surface area (Å²) in [6, 6.07) is 7.82. The molecule has 2 aromatic carbocycles. The molecule has 232 valence electrons. The van der Waals surface area contributed by atoms with Gasteiger partial charge in [0.1, 0.15) is 48.0 Å². The smallest absolute Gasteiger partial charge is 0.231 e. The molecule has 15 heteroatoms. The van der Waals surface area contributed by atoms with Crippen molar-refractivity contribution in [1.29, 1.82) is 0 Å². The van der Waals surface area contributed by atoms with Crippen molar-refractivity contribution in [3.63, 3.8) is 0 Å². The zero-order valence-corrected chi connectivity index (χ0v) is 22.7. The molecule has 0 saturated carbocycles. The van der Waals surface area contributed by atoms with Crippen LogP contribution in [0.5, 0.6) is 23.0 Å². The predicted molar refractivity (Wildman–Crippen MR) is 142 cm³/mol. The Kier molecular flexibility index (Phi) is 7.93. The summed E-state index contributed by atoms with van der Waals surface area (Å²) in [6.07, 6.45) is -9.58. The Labute approximate surface area is 242 Å². The maximum absolute atomic E-state index is 13.4. The number of hydrogen-bond acceptors (Lipinski definition) is 15. The highest BCUT2D eigenvalue weighted by atomic mass is 16.7. The molecule has 0 spiro atoms. The Balaban J connectivity index is 1.22. The molecular weight excluding hydrogens is 576 g/mol. The molecule has 3 aromatic rings. The summed E-state index contributed by atoms with van der Waals surface area (Å²) in [5, 5.41) is 61.4. The van der Waals surface area contributed by atoms with Crippen LogP contribution in [0.4, 0.5) is 0 Å². The van der Waals surface area contributed by atoms with Crippen molar-refractivity contribution in [3.8, 4) is 34.1 Å². The van der Waals surface area contributed by atoms with Gasteiger partial charge in [-0.15, -0.1) is 0 Å². The lowest BCUT2D eigenvalue weighted by molar-refractivity contribution is -0.289. The van der Waals surface area contributed by atoms with Gasteiger partial charge in [-0.05, 0) is 23.8 Å². The third-order valence-corrected chi connectivity index (χ3v) is 7.66. The number of fused-ring (bicyclic) bond motifs is 2. The summed E-state index contributed by atoms with van der Waals surface area (Å²) in [5.41, 5.74) is -1.35. The Morgan fingerprint density at radius 2 is 1.77 bits per heavy atom. The first-order valence-corrected chi connectivity index (χ1v) is 13.3. The fourth-order valence-electron chi connectivity index (χ4n) is 5.05. The Morgan fingerprint density at radius 1 is 0.977 bits per heavy atom. The maximum Gasteiger partial charge on any atom is 0.231 e. The minimum absolute atomic E-state index is 0.0103. The molecule has 0 amide bonds. The van der Waals surface area contributed by atoms with E-state index in [-0.39, 0.29) is 40.3 Å². The van der Waals surface area contributed by atoms with Gasteiger partial charge in [-0.1, -0.05) is 6.07 Å². The zero-order valence-electron chi connectivity index (χ0n) is 22.7. The summed E-state index contributed by atoms with van der Waals surface area (Å²) >= 11 is 0. The average Bonchev–Trinajstić information content (AvgIpc) is 3.60. The van der Waals surface area contributed by atoms with Crippen molar-refractivity contribution < 1.29 is 68.2 Å². The van der Waals surface area contributed by atoms with Gasteiger partial charge in [-0.25, -0.2) is 0 Å². The molecule has 2 saturated heterocycles. The highest BCUT2D eigenvalue weighted by Gasteiger charge is 2.50. The largest absolute Gasteiger partial charge is 0.493 e. The molecule has 15 nitrogen and oxygen atoms in total. The van der Waals surface area contributed by atoms with E-state index in [1.54, 1.807) is 18.2 Å². The number of aliphatic hydroxyl groups excluding tert-OH is 5. The molecule has 43 heavy (non-hydrogen) atoms. The van der Waals surface area contributed by atoms with Gasteiger partial charge < -0.3 is 68.2 Å². The Morgan fingerprint density at radius 3 is 2.51 bits per heavy atom. The molecule has 0 aliphatic carbocycles. The van der Waals surface area contributed by atoms with Crippen molar-refractivity contribution in [3.05, 3.63) is 46.8 Å². The quantitative estimate of drug-likeness (QED) is 0.178. The molecule has 8 atom stereocenters.